The first-order chi connectivity index (χ1) is 13.4. The van der Waals surface area contributed by atoms with Crippen molar-refractivity contribution in [1.82, 2.24) is 4.90 Å². The lowest BCUT2D eigenvalue weighted by Gasteiger charge is -2.18. The van der Waals surface area contributed by atoms with E-state index in [4.69, 9.17) is 37.4 Å². The molecule has 0 aliphatic rings. The summed E-state index contributed by atoms with van der Waals surface area (Å²) in [6.07, 6.45) is 0.311. The number of amides is 1. The van der Waals surface area contributed by atoms with Gasteiger partial charge in [-0.1, -0.05) is 35.3 Å². The van der Waals surface area contributed by atoms with Crippen LogP contribution in [0.2, 0.25) is 10.0 Å². The minimum Gasteiger partial charge on any atom is -0.493 e. The maximum absolute atomic E-state index is 12.3. The standard InChI is InChI=1S/C20H24Cl2N2O4/c1-24(12-13-6-5-7-15(21)19(13)22)9-8-18(25)23-14-10-16(26-2)20(28-4)17(11-14)27-3/h5-7,10-11H,8-9,12H2,1-4H3,(H,23,25). The zero-order chi connectivity index (χ0) is 20.7. The molecule has 0 heterocycles. The third-order valence-corrected chi connectivity index (χ3v) is 5.00. The van der Waals surface area contributed by atoms with Crippen molar-refractivity contribution >= 4 is 34.8 Å². The van der Waals surface area contributed by atoms with Gasteiger partial charge in [0.05, 0.1) is 31.4 Å². The zero-order valence-electron chi connectivity index (χ0n) is 16.3. The fourth-order valence-electron chi connectivity index (χ4n) is 2.71. The van der Waals surface area contributed by atoms with Crippen molar-refractivity contribution in [2.24, 2.45) is 0 Å². The van der Waals surface area contributed by atoms with Gasteiger partial charge in [-0.25, -0.2) is 0 Å². The second-order valence-electron chi connectivity index (χ2n) is 6.16. The van der Waals surface area contributed by atoms with Gasteiger partial charge in [-0.3, -0.25) is 4.79 Å². The second-order valence-corrected chi connectivity index (χ2v) is 6.95. The normalized spacial score (nSPS) is 10.7. The summed E-state index contributed by atoms with van der Waals surface area (Å²) in [4.78, 5) is 14.4. The van der Waals surface area contributed by atoms with E-state index in [0.29, 0.717) is 52.5 Å². The van der Waals surface area contributed by atoms with Crippen LogP contribution in [0.5, 0.6) is 17.2 Å². The molecule has 2 aromatic carbocycles. The Hall–Kier alpha value is -2.15. The molecule has 1 N–H and O–H groups in total. The Kier molecular flexibility index (Phi) is 8.23. The third kappa shape index (κ3) is 5.67. The first-order valence-corrected chi connectivity index (χ1v) is 9.36. The number of hydrogen-bond donors (Lipinski definition) is 1. The van der Waals surface area contributed by atoms with E-state index in [1.165, 1.54) is 21.3 Å². The zero-order valence-corrected chi connectivity index (χ0v) is 17.9. The highest BCUT2D eigenvalue weighted by Gasteiger charge is 2.15. The van der Waals surface area contributed by atoms with Gasteiger partial charge in [0.2, 0.25) is 11.7 Å². The fourth-order valence-corrected chi connectivity index (χ4v) is 3.09. The molecule has 0 aliphatic heterocycles. The van der Waals surface area contributed by atoms with Crippen LogP contribution in [0.1, 0.15) is 12.0 Å². The average Bonchev–Trinajstić information content (AvgIpc) is 2.69. The molecule has 8 heteroatoms. The van der Waals surface area contributed by atoms with Crippen LogP contribution in [0.3, 0.4) is 0 Å². The average molecular weight is 427 g/mol. The summed E-state index contributed by atoms with van der Waals surface area (Å²) < 4.78 is 15.9. The van der Waals surface area contributed by atoms with Gasteiger partial charge in [0, 0.05) is 37.3 Å². The molecule has 0 aromatic heterocycles. The summed E-state index contributed by atoms with van der Waals surface area (Å²) in [5.41, 5.74) is 1.49. The molecule has 28 heavy (non-hydrogen) atoms. The molecular formula is C20H24Cl2N2O4. The van der Waals surface area contributed by atoms with Crippen molar-refractivity contribution < 1.29 is 19.0 Å². The van der Waals surface area contributed by atoms with E-state index in [2.05, 4.69) is 5.32 Å². The molecule has 0 aliphatic carbocycles. The van der Waals surface area contributed by atoms with Crippen LogP contribution >= 0.6 is 23.2 Å². The van der Waals surface area contributed by atoms with Crippen LogP contribution in [0.4, 0.5) is 5.69 Å². The van der Waals surface area contributed by atoms with Crippen LogP contribution < -0.4 is 19.5 Å². The summed E-state index contributed by atoms with van der Waals surface area (Å²) in [5.74, 6) is 1.30. The molecule has 0 spiro atoms. The quantitative estimate of drug-likeness (QED) is 0.640. The Morgan fingerprint density at radius 1 is 1.07 bits per heavy atom. The minimum absolute atomic E-state index is 0.127. The number of nitrogens with zero attached hydrogens (tertiary/aromatic N) is 1. The van der Waals surface area contributed by atoms with Crippen molar-refractivity contribution in [1.29, 1.82) is 0 Å². The first-order valence-electron chi connectivity index (χ1n) is 8.60. The monoisotopic (exact) mass is 426 g/mol. The number of hydrogen-bond acceptors (Lipinski definition) is 5. The Morgan fingerprint density at radius 3 is 2.29 bits per heavy atom. The van der Waals surface area contributed by atoms with Gasteiger partial charge in [-0.15, -0.1) is 0 Å². The van der Waals surface area contributed by atoms with E-state index >= 15 is 0 Å². The van der Waals surface area contributed by atoms with E-state index < -0.39 is 0 Å². The predicted octanol–water partition coefficient (Wildman–Crippen LogP) is 4.48. The van der Waals surface area contributed by atoms with E-state index in [1.807, 2.05) is 24.1 Å². The highest BCUT2D eigenvalue weighted by Crippen LogP contribution is 2.39. The number of carbonyl (C=O) groups excluding carboxylic acids is 1. The van der Waals surface area contributed by atoms with Gasteiger partial charge >= 0.3 is 0 Å². The summed E-state index contributed by atoms with van der Waals surface area (Å²) in [5, 5.41) is 3.91. The molecule has 1 amide bonds. The van der Waals surface area contributed by atoms with Gasteiger partial charge in [0.25, 0.3) is 0 Å². The van der Waals surface area contributed by atoms with E-state index in [1.54, 1.807) is 18.2 Å². The predicted molar refractivity (Wildman–Crippen MR) is 112 cm³/mol. The van der Waals surface area contributed by atoms with Crippen molar-refractivity contribution in [3.05, 3.63) is 45.9 Å². The van der Waals surface area contributed by atoms with Gasteiger partial charge in [0.15, 0.2) is 11.5 Å². The van der Waals surface area contributed by atoms with Gasteiger partial charge < -0.3 is 24.4 Å². The number of nitrogens with one attached hydrogen (secondary N) is 1. The Labute approximate surface area is 175 Å². The highest BCUT2D eigenvalue weighted by molar-refractivity contribution is 6.42. The topological polar surface area (TPSA) is 60.0 Å². The van der Waals surface area contributed by atoms with Crippen LogP contribution in [0, 0.1) is 0 Å². The molecule has 2 rings (SSSR count). The number of ether oxygens (including phenoxy) is 3. The molecule has 0 saturated heterocycles. The summed E-state index contributed by atoms with van der Waals surface area (Å²) in [6, 6.07) is 8.90. The number of benzene rings is 2. The lowest BCUT2D eigenvalue weighted by molar-refractivity contribution is -0.116. The molecular weight excluding hydrogens is 403 g/mol. The minimum atomic E-state index is -0.127. The number of halogens is 2. The molecule has 0 bridgehead atoms. The summed E-state index contributed by atoms with van der Waals surface area (Å²) in [6.45, 7) is 1.15. The number of rotatable bonds is 9. The maximum Gasteiger partial charge on any atom is 0.225 e. The Bertz CT molecular complexity index is 805. The molecule has 0 radical (unpaired) electrons. The molecule has 6 nitrogen and oxygen atoms in total. The molecule has 0 saturated carbocycles. The smallest absolute Gasteiger partial charge is 0.225 e. The van der Waals surface area contributed by atoms with Crippen molar-refractivity contribution in [3.8, 4) is 17.2 Å². The second kappa shape index (κ2) is 10.4. The lowest BCUT2D eigenvalue weighted by Crippen LogP contribution is -2.24. The van der Waals surface area contributed by atoms with Crippen LogP contribution in [0.25, 0.3) is 0 Å². The maximum atomic E-state index is 12.3. The highest BCUT2D eigenvalue weighted by atomic mass is 35.5. The van der Waals surface area contributed by atoms with Crippen molar-refractivity contribution in [2.45, 2.75) is 13.0 Å². The Morgan fingerprint density at radius 2 is 1.71 bits per heavy atom. The van der Waals surface area contributed by atoms with Crippen LogP contribution in [-0.2, 0) is 11.3 Å². The van der Waals surface area contributed by atoms with Crippen molar-refractivity contribution in [3.63, 3.8) is 0 Å². The van der Waals surface area contributed by atoms with E-state index in [9.17, 15) is 4.79 Å². The van der Waals surface area contributed by atoms with Gasteiger partial charge in [0.1, 0.15) is 0 Å². The number of anilines is 1. The van der Waals surface area contributed by atoms with Gasteiger partial charge in [-0.05, 0) is 18.7 Å². The van der Waals surface area contributed by atoms with Crippen LogP contribution in [-0.4, -0.2) is 45.7 Å². The molecule has 152 valence electrons. The van der Waals surface area contributed by atoms with Crippen LogP contribution in [0.15, 0.2) is 30.3 Å². The fraction of sp³-hybridized carbons (Fsp3) is 0.350. The lowest BCUT2D eigenvalue weighted by atomic mass is 10.2. The summed E-state index contributed by atoms with van der Waals surface area (Å²) in [7, 11) is 6.50. The molecule has 0 fully saturated rings. The molecule has 0 atom stereocenters. The molecule has 0 unspecified atom stereocenters. The number of carbonyl (C=O) groups is 1. The summed E-state index contributed by atoms with van der Waals surface area (Å²) >= 11 is 12.3. The van der Waals surface area contributed by atoms with Gasteiger partial charge in [-0.2, -0.15) is 0 Å². The SMILES string of the molecule is COc1cc(NC(=O)CCN(C)Cc2cccc(Cl)c2Cl)cc(OC)c1OC. The van der Waals surface area contributed by atoms with E-state index in [-0.39, 0.29) is 5.91 Å². The van der Waals surface area contributed by atoms with Crippen molar-refractivity contribution in [2.75, 3.05) is 40.2 Å². The Balaban J connectivity index is 1.96. The third-order valence-electron chi connectivity index (χ3n) is 4.14. The van der Waals surface area contributed by atoms with E-state index in [0.717, 1.165) is 5.56 Å². The first kappa shape index (κ1) is 22.1. The molecule has 2 aromatic rings. The number of methoxy groups -OCH3 is 3. The largest absolute Gasteiger partial charge is 0.493 e.